The lowest BCUT2D eigenvalue weighted by Crippen LogP contribution is -2.28. The summed E-state index contributed by atoms with van der Waals surface area (Å²) < 4.78 is 5.61. The van der Waals surface area contributed by atoms with Crippen molar-refractivity contribution >= 4 is 12.2 Å². The van der Waals surface area contributed by atoms with Gasteiger partial charge < -0.3 is 10.1 Å². The van der Waals surface area contributed by atoms with Gasteiger partial charge in [-0.25, -0.2) is 0 Å². The van der Waals surface area contributed by atoms with Crippen LogP contribution in [0.2, 0.25) is 0 Å². The smallest absolute Gasteiger partial charge is 0.251 e. The van der Waals surface area contributed by atoms with Gasteiger partial charge in [-0.15, -0.1) is 0 Å². The molecule has 4 heteroatoms. The van der Waals surface area contributed by atoms with Crippen molar-refractivity contribution in [1.82, 2.24) is 5.32 Å². The second-order valence-corrected chi connectivity index (χ2v) is 4.85. The van der Waals surface area contributed by atoms with E-state index >= 15 is 0 Å². The number of aldehydes is 1. The molecule has 22 heavy (non-hydrogen) atoms. The second-order valence-electron chi connectivity index (χ2n) is 4.85. The molecule has 2 aromatic rings. The highest BCUT2D eigenvalue weighted by molar-refractivity contribution is 5.94. The van der Waals surface area contributed by atoms with Crippen LogP contribution >= 0.6 is 0 Å². The van der Waals surface area contributed by atoms with Gasteiger partial charge in [-0.05, 0) is 36.2 Å². The quantitative estimate of drug-likeness (QED) is 0.631. The zero-order valence-electron chi connectivity index (χ0n) is 12.5. The van der Waals surface area contributed by atoms with Gasteiger partial charge in [-0.2, -0.15) is 0 Å². The van der Waals surface area contributed by atoms with Crippen molar-refractivity contribution in [3.63, 3.8) is 0 Å². The Morgan fingerprint density at radius 2 is 1.95 bits per heavy atom. The molecule has 0 heterocycles. The van der Waals surface area contributed by atoms with Crippen LogP contribution < -0.4 is 10.1 Å². The van der Waals surface area contributed by atoms with Crippen LogP contribution in [0.3, 0.4) is 0 Å². The monoisotopic (exact) mass is 297 g/mol. The molecule has 4 nitrogen and oxygen atoms in total. The molecule has 0 atom stereocenters. The van der Waals surface area contributed by atoms with Gasteiger partial charge in [0.1, 0.15) is 18.6 Å². The van der Waals surface area contributed by atoms with Crippen LogP contribution in [0.25, 0.3) is 0 Å². The average Bonchev–Trinajstić information content (AvgIpc) is 2.58. The molecule has 114 valence electrons. The highest BCUT2D eigenvalue weighted by Gasteiger charge is 2.04. The predicted octanol–water partition coefficient (Wildman–Crippen LogP) is 2.87. The van der Waals surface area contributed by atoms with E-state index in [1.54, 1.807) is 24.3 Å². The van der Waals surface area contributed by atoms with Crippen LogP contribution in [0.5, 0.6) is 5.75 Å². The molecule has 2 aromatic carbocycles. The minimum absolute atomic E-state index is 0.177. The van der Waals surface area contributed by atoms with Crippen molar-refractivity contribution < 1.29 is 14.3 Å². The van der Waals surface area contributed by atoms with E-state index in [0.29, 0.717) is 24.3 Å². The van der Waals surface area contributed by atoms with Crippen LogP contribution in [0.1, 0.15) is 33.2 Å². The molecule has 0 aromatic heterocycles. The number of hydrogen-bond donors (Lipinski definition) is 1. The first-order chi connectivity index (χ1) is 10.7. The van der Waals surface area contributed by atoms with Gasteiger partial charge in [-0.3, -0.25) is 9.59 Å². The third-order valence-electron chi connectivity index (χ3n) is 3.27. The molecule has 0 aliphatic carbocycles. The predicted molar refractivity (Wildman–Crippen MR) is 85.5 cm³/mol. The summed E-state index contributed by atoms with van der Waals surface area (Å²) in [6.45, 7) is 2.92. The minimum Gasteiger partial charge on any atom is -0.492 e. The molecule has 0 radical (unpaired) electrons. The number of aryl methyl sites for hydroxylation is 1. The summed E-state index contributed by atoms with van der Waals surface area (Å²) in [7, 11) is 0. The zero-order valence-corrected chi connectivity index (χ0v) is 12.5. The topological polar surface area (TPSA) is 55.4 Å². The maximum atomic E-state index is 11.9. The molecule has 0 aliphatic rings. The first kappa shape index (κ1) is 15.8. The SMILES string of the molecule is CCc1cccc(OCCNC(=O)c2ccc(C=O)cc2)c1. The highest BCUT2D eigenvalue weighted by atomic mass is 16.5. The summed E-state index contributed by atoms with van der Waals surface area (Å²) in [6, 6.07) is 14.4. The van der Waals surface area contributed by atoms with Crippen LogP contribution in [0.15, 0.2) is 48.5 Å². The summed E-state index contributed by atoms with van der Waals surface area (Å²) in [5, 5.41) is 2.78. The number of hydrogen-bond acceptors (Lipinski definition) is 3. The summed E-state index contributed by atoms with van der Waals surface area (Å²) in [5.41, 5.74) is 2.30. The van der Waals surface area contributed by atoms with Gasteiger partial charge in [0.25, 0.3) is 5.91 Å². The van der Waals surface area contributed by atoms with Gasteiger partial charge in [0.05, 0.1) is 6.54 Å². The van der Waals surface area contributed by atoms with Crippen molar-refractivity contribution in [1.29, 1.82) is 0 Å². The summed E-state index contributed by atoms with van der Waals surface area (Å²) in [6.07, 6.45) is 1.71. The van der Waals surface area contributed by atoms with Crippen LogP contribution in [0.4, 0.5) is 0 Å². The number of nitrogens with one attached hydrogen (secondary N) is 1. The van der Waals surface area contributed by atoms with Gasteiger partial charge >= 0.3 is 0 Å². The van der Waals surface area contributed by atoms with Crippen molar-refractivity contribution in [2.45, 2.75) is 13.3 Å². The summed E-state index contributed by atoms with van der Waals surface area (Å²) in [4.78, 5) is 22.5. The maximum Gasteiger partial charge on any atom is 0.251 e. The fraction of sp³-hybridized carbons (Fsp3) is 0.222. The average molecular weight is 297 g/mol. The molecule has 1 amide bonds. The minimum atomic E-state index is -0.177. The fourth-order valence-corrected chi connectivity index (χ4v) is 2.00. The van der Waals surface area contributed by atoms with E-state index < -0.39 is 0 Å². The van der Waals surface area contributed by atoms with E-state index in [2.05, 4.69) is 18.3 Å². The van der Waals surface area contributed by atoms with E-state index in [1.165, 1.54) is 5.56 Å². The lowest BCUT2D eigenvalue weighted by Gasteiger charge is -2.09. The Balaban J connectivity index is 1.77. The van der Waals surface area contributed by atoms with E-state index in [9.17, 15) is 9.59 Å². The Hall–Kier alpha value is -2.62. The largest absolute Gasteiger partial charge is 0.492 e. The Bertz CT molecular complexity index is 635. The Labute approximate surface area is 130 Å². The van der Waals surface area contributed by atoms with Gasteiger partial charge in [0, 0.05) is 11.1 Å². The number of amides is 1. The Kier molecular flexibility index (Phi) is 5.72. The lowest BCUT2D eigenvalue weighted by molar-refractivity contribution is 0.0946. The third kappa shape index (κ3) is 4.45. The fourth-order valence-electron chi connectivity index (χ4n) is 2.00. The van der Waals surface area contributed by atoms with Gasteiger partial charge in [-0.1, -0.05) is 31.2 Å². The molecular formula is C18H19NO3. The maximum absolute atomic E-state index is 11.9. The molecule has 2 rings (SSSR count). The summed E-state index contributed by atoms with van der Waals surface area (Å²) in [5.74, 6) is 0.632. The van der Waals surface area contributed by atoms with Crippen LogP contribution in [-0.2, 0) is 6.42 Å². The zero-order chi connectivity index (χ0) is 15.8. The Morgan fingerprint density at radius 1 is 1.18 bits per heavy atom. The number of carbonyl (C=O) groups is 2. The molecule has 0 aliphatic heterocycles. The highest BCUT2D eigenvalue weighted by Crippen LogP contribution is 2.13. The first-order valence-electron chi connectivity index (χ1n) is 7.28. The Morgan fingerprint density at radius 3 is 2.64 bits per heavy atom. The van der Waals surface area contributed by atoms with E-state index in [-0.39, 0.29) is 5.91 Å². The number of carbonyl (C=O) groups excluding carboxylic acids is 2. The van der Waals surface area contributed by atoms with E-state index in [0.717, 1.165) is 18.5 Å². The summed E-state index contributed by atoms with van der Waals surface area (Å²) >= 11 is 0. The van der Waals surface area contributed by atoms with E-state index in [4.69, 9.17) is 4.74 Å². The van der Waals surface area contributed by atoms with Crippen molar-refractivity contribution in [2.24, 2.45) is 0 Å². The molecule has 0 unspecified atom stereocenters. The lowest BCUT2D eigenvalue weighted by atomic mass is 10.1. The molecule has 0 fully saturated rings. The standard InChI is InChI=1S/C18H19NO3/c1-2-14-4-3-5-17(12-14)22-11-10-19-18(21)16-8-6-15(13-20)7-9-16/h3-9,12-13H,2,10-11H2,1H3,(H,19,21). The van der Waals surface area contributed by atoms with Crippen molar-refractivity contribution in [3.05, 3.63) is 65.2 Å². The number of rotatable bonds is 7. The van der Waals surface area contributed by atoms with Gasteiger partial charge in [0.2, 0.25) is 0 Å². The number of ether oxygens (including phenoxy) is 1. The molecule has 0 saturated heterocycles. The van der Waals surface area contributed by atoms with E-state index in [1.807, 2.05) is 18.2 Å². The van der Waals surface area contributed by atoms with Crippen molar-refractivity contribution in [2.75, 3.05) is 13.2 Å². The number of benzene rings is 2. The molecular weight excluding hydrogens is 278 g/mol. The first-order valence-corrected chi connectivity index (χ1v) is 7.28. The normalized spacial score (nSPS) is 10.0. The van der Waals surface area contributed by atoms with Gasteiger partial charge in [0.15, 0.2) is 0 Å². The molecule has 0 saturated carbocycles. The van der Waals surface area contributed by atoms with Crippen LogP contribution in [-0.4, -0.2) is 25.3 Å². The molecule has 0 bridgehead atoms. The molecule has 1 N–H and O–H groups in total. The van der Waals surface area contributed by atoms with Crippen LogP contribution in [0, 0.1) is 0 Å². The molecule has 0 spiro atoms. The third-order valence-corrected chi connectivity index (χ3v) is 3.27. The van der Waals surface area contributed by atoms with Crippen molar-refractivity contribution in [3.8, 4) is 5.75 Å². The second kappa shape index (κ2) is 7.98.